The van der Waals surface area contributed by atoms with E-state index in [2.05, 4.69) is 21.2 Å². The Balaban J connectivity index is 1.90. The predicted molar refractivity (Wildman–Crippen MR) is 101 cm³/mol. The Kier molecular flexibility index (Phi) is 4.73. The van der Waals surface area contributed by atoms with Crippen LogP contribution in [0.15, 0.2) is 57.9 Å². The number of amides is 1. The first kappa shape index (κ1) is 16.7. The van der Waals surface area contributed by atoms with Gasteiger partial charge in [-0.15, -0.1) is 0 Å². The van der Waals surface area contributed by atoms with E-state index in [4.69, 9.17) is 11.6 Å². The molecule has 0 atom stereocenters. The van der Waals surface area contributed by atoms with Crippen LogP contribution >= 0.6 is 27.5 Å². The molecule has 0 saturated carbocycles. The van der Waals surface area contributed by atoms with Crippen LogP contribution < -0.4 is 10.7 Å². The Morgan fingerprint density at radius 1 is 1.25 bits per heavy atom. The van der Waals surface area contributed by atoms with E-state index in [1.165, 1.54) is 6.07 Å². The van der Waals surface area contributed by atoms with Crippen LogP contribution in [0, 0.1) is 6.92 Å². The highest BCUT2D eigenvalue weighted by Gasteiger charge is 2.10. The number of carbonyl (C=O) groups is 1. The SMILES string of the molecule is Cc1c(Cl)cccc1NC(=O)Cn1ccc(=O)c2cc(Br)ccc21. The minimum absolute atomic E-state index is 0.0753. The Hall–Kier alpha value is -2.11. The summed E-state index contributed by atoms with van der Waals surface area (Å²) in [5.41, 5.74) is 2.14. The standard InChI is InChI=1S/C18H14BrClN2O2/c1-11-14(20)3-2-4-15(11)21-18(24)10-22-8-7-17(23)13-9-12(19)5-6-16(13)22/h2-9H,10H2,1H3,(H,21,24). The number of nitrogens with one attached hydrogen (secondary N) is 1. The normalized spacial score (nSPS) is 10.8. The van der Waals surface area contributed by atoms with Crippen LogP contribution in [0.2, 0.25) is 5.02 Å². The molecule has 3 aromatic rings. The van der Waals surface area contributed by atoms with Gasteiger partial charge in [0, 0.05) is 32.8 Å². The van der Waals surface area contributed by atoms with Crippen molar-refractivity contribution in [1.82, 2.24) is 4.57 Å². The van der Waals surface area contributed by atoms with Gasteiger partial charge in [-0.25, -0.2) is 0 Å². The van der Waals surface area contributed by atoms with Crippen LogP contribution in [0.3, 0.4) is 0 Å². The van der Waals surface area contributed by atoms with Gasteiger partial charge in [-0.2, -0.15) is 0 Å². The molecule has 1 N–H and O–H groups in total. The molecule has 1 aromatic heterocycles. The summed E-state index contributed by atoms with van der Waals surface area (Å²) in [4.78, 5) is 24.4. The van der Waals surface area contributed by atoms with Gasteiger partial charge in [0.1, 0.15) is 6.54 Å². The molecule has 0 fully saturated rings. The van der Waals surface area contributed by atoms with Gasteiger partial charge in [0.15, 0.2) is 5.43 Å². The number of hydrogen-bond acceptors (Lipinski definition) is 2. The summed E-state index contributed by atoms with van der Waals surface area (Å²) in [6, 6.07) is 12.3. The smallest absolute Gasteiger partial charge is 0.244 e. The summed E-state index contributed by atoms with van der Waals surface area (Å²) >= 11 is 9.43. The van der Waals surface area contributed by atoms with Crippen molar-refractivity contribution in [3.8, 4) is 0 Å². The molecule has 0 bridgehead atoms. The third kappa shape index (κ3) is 3.37. The number of rotatable bonds is 3. The van der Waals surface area contributed by atoms with Crippen LogP contribution in [0.25, 0.3) is 10.9 Å². The summed E-state index contributed by atoms with van der Waals surface area (Å²) < 4.78 is 2.57. The quantitative estimate of drug-likeness (QED) is 0.704. The second-order valence-electron chi connectivity index (χ2n) is 5.43. The maximum Gasteiger partial charge on any atom is 0.244 e. The van der Waals surface area contributed by atoms with Crippen molar-refractivity contribution in [2.75, 3.05) is 5.32 Å². The molecular formula is C18H14BrClN2O2. The first-order valence-corrected chi connectivity index (χ1v) is 8.46. The van der Waals surface area contributed by atoms with Gasteiger partial charge in [-0.1, -0.05) is 33.6 Å². The first-order valence-electron chi connectivity index (χ1n) is 7.29. The Morgan fingerprint density at radius 3 is 2.83 bits per heavy atom. The Morgan fingerprint density at radius 2 is 2.04 bits per heavy atom. The second kappa shape index (κ2) is 6.79. The van der Waals surface area contributed by atoms with E-state index in [0.29, 0.717) is 21.6 Å². The van der Waals surface area contributed by atoms with E-state index >= 15 is 0 Å². The number of halogens is 2. The van der Waals surface area contributed by atoms with E-state index < -0.39 is 0 Å². The van der Waals surface area contributed by atoms with E-state index in [9.17, 15) is 9.59 Å². The highest BCUT2D eigenvalue weighted by atomic mass is 79.9. The lowest BCUT2D eigenvalue weighted by Gasteiger charge is -2.13. The molecule has 0 aliphatic rings. The molecule has 4 nitrogen and oxygen atoms in total. The molecule has 3 rings (SSSR count). The largest absolute Gasteiger partial charge is 0.338 e. The minimum Gasteiger partial charge on any atom is -0.338 e. The summed E-state index contributed by atoms with van der Waals surface area (Å²) in [5, 5.41) is 4.03. The van der Waals surface area contributed by atoms with E-state index in [0.717, 1.165) is 10.0 Å². The average molecular weight is 406 g/mol. The van der Waals surface area contributed by atoms with Crippen molar-refractivity contribution in [3.63, 3.8) is 0 Å². The minimum atomic E-state index is -0.187. The maximum absolute atomic E-state index is 12.4. The number of nitrogens with zero attached hydrogens (tertiary/aromatic N) is 1. The van der Waals surface area contributed by atoms with Crippen molar-refractivity contribution >= 4 is 50.0 Å². The molecule has 0 radical (unpaired) electrons. The topological polar surface area (TPSA) is 51.1 Å². The summed E-state index contributed by atoms with van der Waals surface area (Å²) in [6.45, 7) is 1.95. The predicted octanol–water partition coefficient (Wildman–Crippen LogP) is 4.36. The number of anilines is 1. The third-order valence-electron chi connectivity index (χ3n) is 3.80. The zero-order valence-electron chi connectivity index (χ0n) is 12.8. The molecule has 1 heterocycles. The monoisotopic (exact) mass is 404 g/mol. The fraction of sp³-hybridized carbons (Fsp3) is 0.111. The lowest BCUT2D eigenvalue weighted by Crippen LogP contribution is -2.20. The molecule has 24 heavy (non-hydrogen) atoms. The van der Waals surface area contributed by atoms with Gasteiger partial charge in [-0.05, 0) is 42.8 Å². The number of pyridine rings is 1. The van der Waals surface area contributed by atoms with Crippen LogP contribution in [-0.4, -0.2) is 10.5 Å². The molecule has 122 valence electrons. The van der Waals surface area contributed by atoms with E-state index in [1.807, 2.05) is 19.1 Å². The number of carbonyl (C=O) groups excluding carboxylic acids is 1. The van der Waals surface area contributed by atoms with Crippen molar-refractivity contribution in [1.29, 1.82) is 0 Å². The number of aromatic nitrogens is 1. The van der Waals surface area contributed by atoms with Crippen LogP contribution in [-0.2, 0) is 11.3 Å². The van der Waals surface area contributed by atoms with Gasteiger partial charge in [0.05, 0.1) is 5.52 Å². The molecule has 6 heteroatoms. The molecule has 1 amide bonds. The average Bonchev–Trinajstić information content (AvgIpc) is 2.55. The fourth-order valence-corrected chi connectivity index (χ4v) is 3.04. The maximum atomic E-state index is 12.4. The van der Waals surface area contributed by atoms with Gasteiger partial charge in [0.2, 0.25) is 5.91 Å². The van der Waals surface area contributed by atoms with Gasteiger partial charge in [0.25, 0.3) is 0 Å². The Bertz CT molecular complexity index is 998. The molecule has 2 aromatic carbocycles. The van der Waals surface area contributed by atoms with Gasteiger partial charge < -0.3 is 9.88 Å². The number of benzene rings is 2. The van der Waals surface area contributed by atoms with Gasteiger partial charge in [-0.3, -0.25) is 9.59 Å². The molecule has 0 spiro atoms. The lowest BCUT2D eigenvalue weighted by atomic mass is 10.2. The molecule has 0 unspecified atom stereocenters. The van der Waals surface area contributed by atoms with Gasteiger partial charge >= 0.3 is 0 Å². The zero-order valence-corrected chi connectivity index (χ0v) is 15.2. The Labute approximate surface area is 152 Å². The molecular weight excluding hydrogens is 392 g/mol. The van der Waals surface area contributed by atoms with Crippen molar-refractivity contribution in [3.05, 3.63) is 73.9 Å². The second-order valence-corrected chi connectivity index (χ2v) is 6.75. The summed E-state index contributed by atoms with van der Waals surface area (Å²) in [7, 11) is 0. The lowest BCUT2D eigenvalue weighted by molar-refractivity contribution is -0.116. The zero-order chi connectivity index (χ0) is 17.3. The highest BCUT2D eigenvalue weighted by molar-refractivity contribution is 9.10. The van der Waals surface area contributed by atoms with Crippen molar-refractivity contribution < 1.29 is 4.79 Å². The fourth-order valence-electron chi connectivity index (χ4n) is 2.51. The molecule has 0 aliphatic carbocycles. The van der Waals surface area contributed by atoms with E-state index in [1.54, 1.807) is 35.0 Å². The summed E-state index contributed by atoms with van der Waals surface area (Å²) in [5.74, 6) is -0.187. The molecule has 0 saturated heterocycles. The highest BCUT2D eigenvalue weighted by Crippen LogP contribution is 2.23. The van der Waals surface area contributed by atoms with Crippen LogP contribution in [0.5, 0.6) is 0 Å². The molecule has 0 aliphatic heterocycles. The first-order chi connectivity index (χ1) is 11.5. The van der Waals surface area contributed by atoms with Crippen molar-refractivity contribution in [2.45, 2.75) is 13.5 Å². The van der Waals surface area contributed by atoms with Crippen LogP contribution in [0.4, 0.5) is 5.69 Å². The number of fused-ring (bicyclic) bond motifs is 1. The van der Waals surface area contributed by atoms with E-state index in [-0.39, 0.29) is 17.9 Å². The third-order valence-corrected chi connectivity index (χ3v) is 4.70. The summed E-state index contributed by atoms with van der Waals surface area (Å²) in [6.07, 6.45) is 1.63. The van der Waals surface area contributed by atoms with Crippen LogP contribution in [0.1, 0.15) is 5.56 Å². The van der Waals surface area contributed by atoms with Crippen molar-refractivity contribution in [2.24, 2.45) is 0 Å². The number of hydrogen-bond donors (Lipinski definition) is 1.